The van der Waals surface area contributed by atoms with Crippen LogP contribution in [0, 0.1) is 11.8 Å². The summed E-state index contributed by atoms with van der Waals surface area (Å²) in [6.45, 7) is 4.91. The molecule has 0 bridgehead atoms. The summed E-state index contributed by atoms with van der Waals surface area (Å²) in [7, 11) is 0. The van der Waals surface area contributed by atoms with E-state index in [0.717, 1.165) is 26.1 Å². The molecule has 2 N–H and O–H groups in total. The van der Waals surface area contributed by atoms with Crippen LogP contribution in [0.4, 0.5) is 0 Å². The highest BCUT2D eigenvalue weighted by molar-refractivity contribution is 4.99. The van der Waals surface area contributed by atoms with Crippen LogP contribution in [0.15, 0.2) is 0 Å². The molecule has 1 unspecified atom stereocenters. The Morgan fingerprint density at radius 3 is 3.00 bits per heavy atom. The summed E-state index contributed by atoms with van der Waals surface area (Å²) in [5, 5.41) is 0. The van der Waals surface area contributed by atoms with Gasteiger partial charge in [0.15, 0.2) is 0 Å². The molecular formula is C8H14N2. The largest absolute Gasteiger partial charge is 0.326 e. The number of hydrogen-bond donors (Lipinski definition) is 1. The quantitative estimate of drug-likeness (QED) is 0.518. The maximum atomic E-state index is 5.71. The fraction of sp³-hybridized carbons (Fsp3) is 0.750. The number of nitrogens with zero attached hydrogens (tertiary/aromatic N) is 1. The van der Waals surface area contributed by atoms with Crippen LogP contribution in [0.25, 0.3) is 0 Å². The highest BCUT2D eigenvalue weighted by Crippen LogP contribution is 2.04. The van der Waals surface area contributed by atoms with Crippen LogP contribution in [0.5, 0.6) is 0 Å². The van der Waals surface area contributed by atoms with E-state index in [4.69, 9.17) is 5.73 Å². The first-order valence-corrected chi connectivity index (χ1v) is 3.70. The maximum Gasteiger partial charge on any atom is 0.0602 e. The lowest BCUT2D eigenvalue weighted by atomic mass is 10.3. The van der Waals surface area contributed by atoms with E-state index >= 15 is 0 Å². The molecule has 1 fully saturated rings. The molecule has 1 rings (SSSR count). The van der Waals surface area contributed by atoms with Gasteiger partial charge in [0.1, 0.15) is 0 Å². The van der Waals surface area contributed by atoms with E-state index in [-0.39, 0.29) is 0 Å². The molecule has 10 heavy (non-hydrogen) atoms. The van der Waals surface area contributed by atoms with Crippen LogP contribution in [0.2, 0.25) is 0 Å². The standard InChI is InChI=1S/C8H14N2/c1-2-3-5-10-6-4-8(9)7-10/h8H,4-7,9H2,1H3. The van der Waals surface area contributed by atoms with Gasteiger partial charge < -0.3 is 5.73 Å². The van der Waals surface area contributed by atoms with Gasteiger partial charge in [-0.05, 0) is 13.3 Å². The minimum absolute atomic E-state index is 0.388. The van der Waals surface area contributed by atoms with Crippen molar-refractivity contribution < 1.29 is 0 Å². The van der Waals surface area contributed by atoms with E-state index in [1.165, 1.54) is 0 Å². The Morgan fingerprint density at radius 2 is 2.50 bits per heavy atom. The van der Waals surface area contributed by atoms with Gasteiger partial charge in [0.25, 0.3) is 0 Å². The SMILES string of the molecule is CC#CCN1CCC(N)C1. The molecule has 56 valence electrons. The van der Waals surface area contributed by atoms with Crippen LogP contribution in [0.1, 0.15) is 13.3 Å². The molecule has 1 atom stereocenters. The Hall–Kier alpha value is -0.520. The van der Waals surface area contributed by atoms with Crippen molar-refractivity contribution in [2.75, 3.05) is 19.6 Å². The Labute approximate surface area is 62.4 Å². The first-order valence-electron chi connectivity index (χ1n) is 3.70. The van der Waals surface area contributed by atoms with Gasteiger partial charge in [-0.3, -0.25) is 4.90 Å². The Kier molecular flexibility index (Phi) is 2.73. The van der Waals surface area contributed by atoms with E-state index in [1.54, 1.807) is 0 Å². The molecule has 2 nitrogen and oxygen atoms in total. The second-order valence-corrected chi connectivity index (χ2v) is 2.71. The molecule has 0 saturated carbocycles. The predicted octanol–water partition coefficient (Wildman–Crippen LogP) is 0.0427. The minimum Gasteiger partial charge on any atom is -0.326 e. The summed E-state index contributed by atoms with van der Waals surface area (Å²) in [4.78, 5) is 2.29. The zero-order chi connectivity index (χ0) is 7.40. The zero-order valence-corrected chi connectivity index (χ0v) is 6.43. The highest BCUT2D eigenvalue weighted by Gasteiger charge is 2.16. The monoisotopic (exact) mass is 138 g/mol. The molecule has 1 aliphatic heterocycles. The van der Waals surface area contributed by atoms with Gasteiger partial charge in [0, 0.05) is 19.1 Å². The van der Waals surface area contributed by atoms with E-state index < -0.39 is 0 Å². The summed E-state index contributed by atoms with van der Waals surface area (Å²) in [5.74, 6) is 5.91. The molecule has 1 aliphatic rings. The summed E-state index contributed by atoms with van der Waals surface area (Å²) in [5.41, 5.74) is 5.71. The van der Waals surface area contributed by atoms with Gasteiger partial charge in [-0.15, -0.1) is 5.92 Å². The molecule has 0 aromatic heterocycles. The molecule has 0 radical (unpaired) electrons. The Bertz CT molecular complexity index is 154. The number of rotatable bonds is 1. The van der Waals surface area contributed by atoms with Crippen LogP contribution in [0.3, 0.4) is 0 Å². The van der Waals surface area contributed by atoms with Crippen molar-refractivity contribution in [3.8, 4) is 11.8 Å². The van der Waals surface area contributed by atoms with E-state index in [9.17, 15) is 0 Å². The average molecular weight is 138 g/mol. The lowest BCUT2D eigenvalue weighted by molar-refractivity contribution is 0.377. The maximum absolute atomic E-state index is 5.71. The minimum atomic E-state index is 0.388. The first-order chi connectivity index (χ1) is 4.83. The summed E-state index contributed by atoms with van der Waals surface area (Å²) in [6, 6.07) is 0.388. The van der Waals surface area contributed by atoms with E-state index in [1.807, 2.05) is 6.92 Å². The van der Waals surface area contributed by atoms with Crippen LogP contribution >= 0.6 is 0 Å². The van der Waals surface area contributed by atoms with Crippen molar-refractivity contribution >= 4 is 0 Å². The third-order valence-corrected chi connectivity index (χ3v) is 1.79. The van der Waals surface area contributed by atoms with Crippen molar-refractivity contribution in [1.29, 1.82) is 0 Å². The highest BCUT2D eigenvalue weighted by atomic mass is 15.2. The van der Waals surface area contributed by atoms with E-state index in [0.29, 0.717) is 6.04 Å². The summed E-state index contributed by atoms with van der Waals surface area (Å²) < 4.78 is 0. The first kappa shape index (κ1) is 7.59. The smallest absolute Gasteiger partial charge is 0.0602 e. The molecule has 0 aliphatic carbocycles. The zero-order valence-electron chi connectivity index (χ0n) is 6.43. The summed E-state index contributed by atoms with van der Waals surface area (Å²) in [6.07, 6.45) is 1.13. The molecular weight excluding hydrogens is 124 g/mol. The Balaban J connectivity index is 2.22. The van der Waals surface area contributed by atoms with Gasteiger partial charge in [0.2, 0.25) is 0 Å². The lowest BCUT2D eigenvalue weighted by Gasteiger charge is -2.09. The molecule has 0 aromatic carbocycles. The van der Waals surface area contributed by atoms with Crippen molar-refractivity contribution in [1.82, 2.24) is 4.90 Å². The lowest BCUT2D eigenvalue weighted by Crippen LogP contribution is -2.26. The van der Waals surface area contributed by atoms with Gasteiger partial charge in [-0.1, -0.05) is 5.92 Å². The number of hydrogen-bond acceptors (Lipinski definition) is 2. The normalized spacial score (nSPS) is 26.0. The van der Waals surface area contributed by atoms with Crippen LogP contribution in [-0.2, 0) is 0 Å². The van der Waals surface area contributed by atoms with Crippen molar-refractivity contribution in [3.05, 3.63) is 0 Å². The number of nitrogens with two attached hydrogens (primary N) is 1. The van der Waals surface area contributed by atoms with Crippen LogP contribution in [-0.4, -0.2) is 30.6 Å². The molecule has 0 amide bonds. The Morgan fingerprint density at radius 1 is 1.70 bits per heavy atom. The second-order valence-electron chi connectivity index (χ2n) is 2.71. The van der Waals surface area contributed by atoms with Gasteiger partial charge in [-0.2, -0.15) is 0 Å². The van der Waals surface area contributed by atoms with Crippen LogP contribution < -0.4 is 5.73 Å². The fourth-order valence-corrected chi connectivity index (χ4v) is 1.20. The molecule has 1 saturated heterocycles. The van der Waals surface area contributed by atoms with E-state index in [2.05, 4.69) is 16.7 Å². The topological polar surface area (TPSA) is 29.3 Å². The van der Waals surface area contributed by atoms with Gasteiger partial charge in [-0.25, -0.2) is 0 Å². The summed E-state index contributed by atoms with van der Waals surface area (Å²) >= 11 is 0. The third-order valence-electron chi connectivity index (χ3n) is 1.79. The second kappa shape index (κ2) is 3.60. The molecule has 1 heterocycles. The van der Waals surface area contributed by atoms with Crippen molar-refractivity contribution in [2.45, 2.75) is 19.4 Å². The molecule has 0 aromatic rings. The predicted molar refractivity (Wildman–Crippen MR) is 42.5 cm³/mol. The van der Waals surface area contributed by atoms with Crippen molar-refractivity contribution in [3.63, 3.8) is 0 Å². The van der Waals surface area contributed by atoms with Gasteiger partial charge in [0.05, 0.1) is 6.54 Å². The number of likely N-dealkylation sites (tertiary alicyclic amines) is 1. The molecule has 2 heteroatoms. The third kappa shape index (κ3) is 2.02. The average Bonchev–Trinajstić information content (AvgIpc) is 2.31. The fourth-order valence-electron chi connectivity index (χ4n) is 1.20. The van der Waals surface area contributed by atoms with Crippen molar-refractivity contribution in [2.24, 2.45) is 5.73 Å². The van der Waals surface area contributed by atoms with Gasteiger partial charge >= 0.3 is 0 Å². The molecule has 0 spiro atoms.